The molecule has 0 fully saturated rings. The third-order valence-electron chi connectivity index (χ3n) is 4.87. The molecule has 2 amide bonds. The summed E-state index contributed by atoms with van der Waals surface area (Å²) in [4.78, 5) is 27.6. The maximum atomic E-state index is 13.2. The van der Waals surface area contributed by atoms with Gasteiger partial charge in [-0.05, 0) is 77.3 Å². The van der Waals surface area contributed by atoms with E-state index >= 15 is 0 Å². The quantitative estimate of drug-likeness (QED) is 0.590. The Bertz CT molecular complexity index is 927. The lowest BCUT2D eigenvalue weighted by molar-refractivity contribution is -0.142. The van der Waals surface area contributed by atoms with E-state index < -0.39 is 6.04 Å². The summed E-state index contributed by atoms with van der Waals surface area (Å²) in [5, 5.41) is 2.97. The van der Waals surface area contributed by atoms with Gasteiger partial charge in [-0.3, -0.25) is 9.59 Å². The van der Waals surface area contributed by atoms with Crippen LogP contribution in [0.15, 0.2) is 40.9 Å². The van der Waals surface area contributed by atoms with Crippen LogP contribution in [0.4, 0.5) is 0 Å². The van der Waals surface area contributed by atoms with Crippen LogP contribution >= 0.6 is 15.9 Å². The van der Waals surface area contributed by atoms with E-state index in [9.17, 15) is 9.59 Å². The Hall–Kier alpha value is -2.34. The van der Waals surface area contributed by atoms with Crippen LogP contribution < -0.4 is 10.1 Å². The first-order chi connectivity index (χ1) is 14.4. The highest BCUT2D eigenvalue weighted by Crippen LogP contribution is 2.26. The van der Waals surface area contributed by atoms with E-state index in [0.29, 0.717) is 12.3 Å². The summed E-state index contributed by atoms with van der Waals surface area (Å²) in [6.07, 6.45) is 0. The summed E-state index contributed by atoms with van der Waals surface area (Å²) in [6.45, 7) is 13.7. The molecule has 0 aromatic heterocycles. The normalized spacial score (nSPS) is 12.3. The highest BCUT2D eigenvalue weighted by molar-refractivity contribution is 9.10. The molecule has 0 saturated heterocycles. The second-order valence-electron chi connectivity index (χ2n) is 9.09. The average molecular weight is 489 g/mol. The SMILES string of the molecule is Cc1cccc(CN(C(=O)COc2cc(C)c(Br)c(C)c2)C(C)C(=O)NC(C)(C)C)c1. The van der Waals surface area contributed by atoms with Crippen LogP contribution in [0.5, 0.6) is 5.75 Å². The van der Waals surface area contributed by atoms with Gasteiger partial charge in [0.1, 0.15) is 11.8 Å². The van der Waals surface area contributed by atoms with Crippen molar-refractivity contribution in [3.63, 3.8) is 0 Å². The molecule has 5 nitrogen and oxygen atoms in total. The molecule has 0 spiro atoms. The molecule has 1 unspecified atom stereocenters. The molecule has 2 rings (SSSR count). The van der Waals surface area contributed by atoms with Crippen LogP contribution in [0.1, 0.15) is 49.9 Å². The van der Waals surface area contributed by atoms with Crippen molar-refractivity contribution in [2.24, 2.45) is 0 Å². The van der Waals surface area contributed by atoms with E-state index in [-0.39, 0.29) is 24.0 Å². The third-order valence-corrected chi connectivity index (χ3v) is 6.12. The minimum absolute atomic E-state index is 0.139. The Balaban J connectivity index is 2.21. The number of nitrogens with zero attached hydrogens (tertiary/aromatic N) is 1. The zero-order valence-corrected chi connectivity index (χ0v) is 21.1. The fraction of sp³-hybridized carbons (Fsp3) is 0.440. The van der Waals surface area contributed by atoms with Crippen LogP contribution in [0.3, 0.4) is 0 Å². The van der Waals surface area contributed by atoms with Crippen molar-refractivity contribution in [2.45, 2.75) is 66.6 Å². The summed E-state index contributed by atoms with van der Waals surface area (Å²) < 4.78 is 6.84. The Morgan fingerprint density at radius 2 is 1.71 bits per heavy atom. The van der Waals surface area contributed by atoms with Crippen molar-refractivity contribution in [3.8, 4) is 5.75 Å². The molecule has 2 aromatic rings. The molecule has 0 aliphatic rings. The van der Waals surface area contributed by atoms with E-state index in [2.05, 4.69) is 21.2 Å². The lowest BCUT2D eigenvalue weighted by atomic mass is 10.1. The molecule has 31 heavy (non-hydrogen) atoms. The number of benzene rings is 2. The maximum absolute atomic E-state index is 13.2. The number of carbonyl (C=O) groups is 2. The van der Waals surface area contributed by atoms with Gasteiger partial charge in [0.15, 0.2) is 6.61 Å². The topological polar surface area (TPSA) is 58.6 Å². The minimum Gasteiger partial charge on any atom is -0.484 e. The fourth-order valence-corrected chi connectivity index (χ4v) is 3.51. The molecule has 1 atom stereocenters. The van der Waals surface area contributed by atoms with E-state index in [0.717, 1.165) is 26.7 Å². The third kappa shape index (κ3) is 7.39. The predicted molar refractivity (Wildman–Crippen MR) is 128 cm³/mol. The van der Waals surface area contributed by atoms with Gasteiger partial charge in [-0.2, -0.15) is 0 Å². The van der Waals surface area contributed by atoms with Crippen molar-refractivity contribution < 1.29 is 14.3 Å². The van der Waals surface area contributed by atoms with Crippen LogP contribution in [0.2, 0.25) is 0 Å². The van der Waals surface area contributed by atoms with Gasteiger partial charge in [0.25, 0.3) is 5.91 Å². The maximum Gasteiger partial charge on any atom is 0.261 e. The summed E-state index contributed by atoms with van der Waals surface area (Å²) in [6, 6.07) is 11.1. The largest absolute Gasteiger partial charge is 0.484 e. The molecular formula is C25H33BrN2O3. The zero-order chi connectivity index (χ0) is 23.3. The number of carbonyl (C=O) groups excluding carboxylic acids is 2. The molecule has 6 heteroatoms. The average Bonchev–Trinajstić information content (AvgIpc) is 2.66. The molecule has 0 heterocycles. The van der Waals surface area contributed by atoms with Crippen molar-refractivity contribution in [1.29, 1.82) is 0 Å². The lowest BCUT2D eigenvalue weighted by Crippen LogP contribution is -2.53. The van der Waals surface area contributed by atoms with E-state index in [1.807, 2.05) is 77.9 Å². The molecule has 0 radical (unpaired) electrons. The highest BCUT2D eigenvalue weighted by Gasteiger charge is 2.28. The number of halogens is 1. The molecule has 0 saturated carbocycles. The van der Waals surface area contributed by atoms with Crippen molar-refractivity contribution in [1.82, 2.24) is 10.2 Å². The molecule has 0 aliphatic carbocycles. The van der Waals surface area contributed by atoms with Gasteiger partial charge in [0.2, 0.25) is 5.91 Å². The number of hydrogen-bond donors (Lipinski definition) is 1. The van der Waals surface area contributed by atoms with Gasteiger partial charge in [0.05, 0.1) is 0 Å². The first kappa shape index (κ1) is 24.9. The number of hydrogen-bond acceptors (Lipinski definition) is 3. The van der Waals surface area contributed by atoms with Gasteiger partial charge in [-0.1, -0.05) is 45.8 Å². The summed E-state index contributed by atoms with van der Waals surface area (Å²) in [5.74, 6) is 0.203. The Morgan fingerprint density at radius 3 is 2.26 bits per heavy atom. The van der Waals surface area contributed by atoms with Crippen molar-refractivity contribution in [2.75, 3.05) is 6.61 Å². The van der Waals surface area contributed by atoms with Crippen molar-refractivity contribution in [3.05, 3.63) is 63.1 Å². The van der Waals surface area contributed by atoms with Crippen molar-refractivity contribution >= 4 is 27.7 Å². The number of ether oxygens (including phenoxy) is 1. The van der Waals surface area contributed by atoms with Gasteiger partial charge >= 0.3 is 0 Å². The lowest BCUT2D eigenvalue weighted by Gasteiger charge is -2.31. The van der Waals surface area contributed by atoms with E-state index in [1.54, 1.807) is 11.8 Å². The second kappa shape index (κ2) is 10.3. The molecule has 168 valence electrons. The van der Waals surface area contributed by atoms with Gasteiger partial charge in [-0.25, -0.2) is 0 Å². The summed E-state index contributed by atoms with van der Waals surface area (Å²) in [5.41, 5.74) is 3.77. The van der Waals surface area contributed by atoms with Gasteiger partial charge < -0.3 is 15.0 Å². The molecule has 2 aromatic carbocycles. The number of rotatable bonds is 7. The molecule has 0 aliphatic heterocycles. The molecule has 1 N–H and O–H groups in total. The minimum atomic E-state index is -0.635. The molecular weight excluding hydrogens is 456 g/mol. The van der Waals surface area contributed by atoms with Crippen LogP contribution in [0.25, 0.3) is 0 Å². The van der Waals surface area contributed by atoms with E-state index in [4.69, 9.17) is 4.74 Å². The van der Waals surface area contributed by atoms with Crippen LogP contribution in [-0.4, -0.2) is 34.9 Å². The predicted octanol–water partition coefficient (Wildman–Crippen LogP) is 5.09. The summed E-state index contributed by atoms with van der Waals surface area (Å²) >= 11 is 3.54. The first-order valence-corrected chi connectivity index (χ1v) is 11.2. The Kier molecular flexibility index (Phi) is 8.29. The zero-order valence-electron chi connectivity index (χ0n) is 19.5. The Labute approximate surface area is 194 Å². The van der Waals surface area contributed by atoms with Crippen LogP contribution in [-0.2, 0) is 16.1 Å². The van der Waals surface area contributed by atoms with E-state index in [1.165, 1.54) is 0 Å². The standard InChI is InChI=1S/C25H33BrN2O3/c1-16-9-8-10-20(11-16)14-28(19(4)24(30)27-25(5,6)7)22(29)15-31-21-12-17(2)23(26)18(3)13-21/h8-13,19H,14-15H2,1-7H3,(H,27,30). The van der Waals surface area contributed by atoms with Gasteiger partial charge in [0, 0.05) is 16.6 Å². The summed E-state index contributed by atoms with van der Waals surface area (Å²) in [7, 11) is 0. The Morgan fingerprint density at radius 1 is 1.10 bits per heavy atom. The second-order valence-corrected chi connectivity index (χ2v) is 9.88. The monoisotopic (exact) mass is 488 g/mol. The number of amides is 2. The number of aryl methyl sites for hydroxylation is 3. The first-order valence-electron chi connectivity index (χ1n) is 10.4. The fourth-order valence-electron chi connectivity index (χ4n) is 3.28. The number of nitrogens with one attached hydrogen (secondary N) is 1. The molecule has 0 bridgehead atoms. The smallest absolute Gasteiger partial charge is 0.261 e. The van der Waals surface area contributed by atoms with Gasteiger partial charge in [-0.15, -0.1) is 0 Å². The van der Waals surface area contributed by atoms with Crippen LogP contribution in [0, 0.1) is 20.8 Å². The highest BCUT2D eigenvalue weighted by atomic mass is 79.9.